The number of rotatable bonds is 4. The van der Waals surface area contributed by atoms with E-state index in [0.717, 1.165) is 25.0 Å². The second-order valence-corrected chi connectivity index (χ2v) is 5.89. The van der Waals surface area contributed by atoms with E-state index in [1.165, 1.54) is 22.2 Å². The number of ether oxygens (including phenoxy) is 1. The maximum atomic E-state index is 12.2. The molecule has 1 amide bonds. The van der Waals surface area contributed by atoms with Crippen LogP contribution in [0.3, 0.4) is 0 Å². The fourth-order valence-electron chi connectivity index (χ4n) is 3.45. The standard InChI is InChI=1S/C17H23N3O2/c1-20-15-5-3-11(17(21)19-8-7-18)9-13(15)14-10-12(22-2)4-6-16(14)20/h4,6,10-11H,3,5,7-9,18H2,1-2H3,(H,19,21). The Labute approximate surface area is 130 Å². The van der Waals surface area contributed by atoms with Gasteiger partial charge in [0.2, 0.25) is 5.91 Å². The van der Waals surface area contributed by atoms with Crippen molar-refractivity contribution in [1.82, 2.24) is 9.88 Å². The van der Waals surface area contributed by atoms with E-state index in [1.807, 2.05) is 6.07 Å². The van der Waals surface area contributed by atoms with E-state index < -0.39 is 0 Å². The number of nitrogens with zero attached hydrogens (tertiary/aromatic N) is 1. The zero-order valence-corrected chi connectivity index (χ0v) is 13.2. The Balaban J connectivity index is 1.95. The second-order valence-electron chi connectivity index (χ2n) is 5.89. The van der Waals surface area contributed by atoms with E-state index in [0.29, 0.717) is 13.1 Å². The minimum Gasteiger partial charge on any atom is -0.497 e. The molecule has 0 aliphatic heterocycles. The molecule has 1 aliphatic carbocycles. The number of carbonyl (C=O) groups excluding carboxylic acids is 1. The van der Waals surface area contributed by atoms with Crippen LogP contribution in [0.1, 0.15) is 17.7 Å². The number of benzene rings is 1. The summed E-state index contributed by atoms with van der Waals surface area (Å²) in [6.07, 6.45) is 2.62. The Morgan fingerprint density at radius 2 is 2.32 bits per heavy atom. The minimum absolute atomic E-state index is 0.0378. The first kappa shape index (κ1) is 14.9. The van der Waals surface area contributed by atoms with Crippen LogP contribution in [0.2, 0.25) is 0 Å². The van der Waals surface area contributed by atoms with Gasteiger partial charge in [0, 0.05) is 42.7 Å². The lowest BCUT2D eigenvalue weighted by Crippen LogP contribution is -2.36. The monoisotopic (exact) mass is 301 g/mol. The number of fused-ring (bicyclic) bond motifs is 3. The van der Waals surface area contributed by atoms with Gasteiger partial charge in [0.25, 0.3) is 0 Å². The lowest BCUT2D eigenvalue weighted by molar-refractivity contribution is -0.125. The van der Waals surface area contributed by atoms with Crippen LogP contribution in [0, 0.1) is 5.92 Å². The molecule has 0 saturated heterocycles. The second kappa shape index (κ2) is 6.01. The van der Waals surface area contributed by atoms with Crippen molar-refractivity contribution < 1.29 is 9.53 Å². The van der Waals surface area contributed by atoms with Gasteiger partial charge < -0.3 is 20.4 Å². The number of amides is 1. The fourth-order valence-corrected chi connectivity index (χ4v) is 3.45. The average molecular weight is 301 g/mol. The molecular weight excluding hydrogens is 278 g/mol. The molecule has 1 atom stereocenters. The zero-order valence-electron chi connectivity index (χ0n) is 13.2. The molecule has 0 saturated carbocycles. The Morgan fingerprint density at radius 1 is 1.50 bits per heavy atom. The molecule has 118 valence electrons. The summed E-state index contributed by atoms with van der Waals surface area (Å²) >= 11 is 0. The number of hydrogen-bond acceptors (Lipinski definition) is 3. The molecule has 22 heavy (non-hydrogen) atoms. The van der Waals surface area contributed by atoms with E-state index in [2.05, 4.69) is 29.1 Å². The number of hydrogen-bond donors (Lipinski definition) is 2. The molecule has 1 aliphatic rings. The normalized spacial score (nSPS) is 17.3. The highest BCUT2D eigenvalue weighted by molar-refractivity contribution is 5.88. The van der Waals surface area contributed by atoms with E-state index in [9.17, 15) is 4.79 Å². The molecule has 2 aromatic rings. The van der Waals surface area contributed by atoms with Crippen LogP contribution in [0.5, 0.6) is 5.75 Å². The summed E-state index contributed by atoms with van der Waals surface area (Å²) in [6, 6.07) is 6.16. The first-order valence-corrected chi connectivity index (χ1v) is 7.77. The Hall–Kier alpha value is -2.01. The molecule has 1 aromatic heterocycles. The number of aromatic nitrogens is 1. The van der Waals surface area contributed by atoms with Crippen molar-refractivity contribution in [2.45, 2.75) is 19.3 Å². The molecule has 1 unspecified atom stereocenters. The predicted molar refractivity (Wildman–Crippen MR) is 87.1 cm³/mol. The summed E-state index contributed by atoms with van der Waals surface area (Å²) in [5, 5.41) is 4.12. The van der Waals surface area contributed by atoms with Gasteiger partial charge in [-0.2, -0.15) is 0 Å². The molecule has 5 nitrogen and oxygen atoms in total. The van der Waals surface area contributed by atoms with Crippen molar-refractivity contribution in [3.05, 3.63) is 29.5 Å². The molecule has 1 aromatic carbocycles. The van der Waals surface area contributed by atoms with Gasteiger partial charge in [-0.3, -0.25) is 4.79 Å². The summed E-state index contributed by atoms with van der Waals surface area (Å²) in [4.78, 5) is 12.2. The predicted octanol–water partition coefficient (Wildman–Crippen LogP) is 1.37. The van der Waals surface area contributed by atoms with Gasteiger partial charge in [-0.15, -0.1) is 0 Å². The van der Waals surface area contributed by atoms with Crippen LogP contribution >= 0.6 is 0 Å². The maximum absolute atomic E-state index is 12.2. The van der Waals surface area contributed by atoms with Crippen LogP contribution in [-0.4, -0.2) is 30.7 Å². The number of methoxy groups -OCH3 is 1. The van der Waals surface area contributed by atoms with Gasteiger partial charge in [0.1, 0.15) is 5.75 Å². The van der Waals surface area contributed by atoms with Crippen molar-refractivity contribution in [2.24, 2.45) is 18.7 Å². The lowest BCUT2D eigenvalue weighted by atomic mass is 9.85. The molecular formula is C17H23N3O2. The molecule has 1 heterocycles. The summed E-state index contributed by atoms with van der Waals surface area (Å²) in [6.45, 7) is 1.03. The van der Waals surface area contributed by atoms with Crippen molar-refractivity contribution in [2.75, 3.05) is 20.2 Å². The number of aryl methyl sites for hydroxylation is 1. The highest BCUT2D eigenvalue weighted by Crippen LogP contribution is 2.35. The third-order valence-corrected chi connectivity index (χ3v) is 4.64. The Kier molecular flexibility index (Phi) is 4.07. The zero-order chi connectivity index (χ0) is 15.7. The van der Waals surface area contributed by atoms with Gasteiger partial charge >= 0.3 is 0 Å². The molecule has 0 bridgehead atoms. The number of nitrogens with two attached hydrogens (primary N) is 1. The van der Waals surface area contributed by atoms with Crippen LogP contribution in [-0.2, 0) is 24.7 Å². The number of carbonyl (C=O) groups is 1. The van der Waals surface area contributed by atoms with E-state index in [4.69, 9.17) is 10.5 Å². The van der Waals surface area contributed by atoms with E-state index >= 15 is 0 Å². The SMILES string of the molecule is COc1ccc2c(c1)c1c(n2C)CCC(C(=O)NCCN)C1. The molecule has 0 spiro atoms. The highest BCUT2D eigenvalue weighted by Gasteiger charge is 2.28. The lowest BCUT2D eigenvalue weighted by Gasteiger charge is -2.22. The van der Waals surface area contributed by atoms with Crippen LogP contribution in [0.25, 0.3) is 10.9 Å². The summed E-state index contributed by atoms with van der Waals surface area (Å²) < 4.78 is 7.60. The molecule has 3 N–H and O–H groups in total. The first-order valence-electron chi connectivity index (χ1n) is 7.77. The summed E-state index contributed by atoms with van der Waals surface area (Å²) in [7, 11) is 3.78. The maximum Gasteiger partial charge on any atom is 0.223 e. The van der Waals surface area contributed by atoms with E-state index in [1.54, 1.807) is 7.11 Å². The van der Waals surface area contributed by atoms with Gasteiger partial charge in [-0.1, -0.05) is 0 Å². The largest absolute Gasteiger partial charge is 0.497 e. The minimum atomic E-state index is 0.0378. The molecule has 3 rings (SSSR count). The highest BCUT2D eigenvalue weighted by atomic mass is 16.5. The van der Waals surface area contributed by atoms with Crippen molar-refractivity contribution in [1.29, 1.82) is 0 Å². The third-order valence-electron chi connectivity index (χ3n) is 4.64. The van der Waals surface area contributed by atoms with Gasteiger partial charge in [0.15, 0.2) is 0 Å². The topological polar surface area (TPSA) is 69.3 Å². The van der Waals surface area contributed by atoms with Gasteiger partial charge in [-0.05, 0) is 43.0 Å². The fraction of sp³-hybridized carbons (Fsp3) is 0.471. The molecule has 0 fully saturated rings. The average Bonchev–Trinajstić information content (AvgIpc) is 2.84. The third kappa shape index (κ3) is 2.46. The Morgan fingerprint density at radius 3 is 3.05 bits per heavy atom. The summed E-state index contributed by atoms with van der Waals surface area (Å²) in [5.74, 6) is 1.02. The first-order chi connectivity index (χ1) is 10.7. The van der Waals surface area contributed by atoms with Crippen LogP contribution < -0.4 is 15.8 Å². The van der Waals surface area contributed by atoms with Crippen molar-refractivity contribution in [3.8, 4) is 5.75 Å². The molecule has 0 radical (unpaired) electrons. The van der Waals surface area contributed by atoms with E-state index in [-0.39, 0.29) is 11.8 Å². The number of nitrogens with one attached hydrogen (secondary N) is 1. The van der Waals surface area contributed by atoms with Gasteiger partial charge in [-0.25, -0.2) is 0 Å². The van der Waals surface area contributed by atoms with Crippen molar-refractivity contribution >= 4 is 16.8 Å². The molecule has 5 heteroatoms. The van der Waals surface area contributed by atoms with Crippen LogP contribution in [0.15, 0.2) is 18.2 Å². The summed E-state index contributed by atoms with van der Waals surface area (Å²) in [5.41, 5.74) is 9.29. The Bertz CT molecular complexity index is 705. The van der Waals surface area contributed by atoms with Gasteiger partial charge in [0.05, 0.1) is 7.11 Å². The van der Waals surface area contributed by atoms with Crippen molar-refractivity contribution in [3.63, 3.8) is 0 Å². The van der Waals surface area contributed by atoms with Crippen LogP contribution in [0.4, 0.5) is 0 Å². The smallest absolute Gasteiger partial charge is 0.223 e. The quantitative estimate of drug-likeness (QED) is 0.896.